The summed E-state index contributed by atoms with van der Waals surface area (Å²) in [6.07, 6.45) is 1.43. The van der Waals surface area contributed by atoms with Gasteiger partial charge in [-0.15, -0.1) is 4.09 Å². The molecule has 0 unspecified atom stereocenters. The first-order valence-electron chi connectivity index (χ1n) is 5.95. The lowest BCUT2D eigenvalue weighted by molar-refractivity contribution is 0.506. The molecular weight excluding hydrogens is 294 g/mol. The molecule has 3 rings (SSSR count). The first-order chi connectivity index (χ1) is 9.82. The molecule has 0 saturated carbocycles. The van der Waals surface area contributed by atoms with Crippen LogP contribution < -0.4 is 11.5 Å². The molecule has 9 nitrogen and oxygen atoms in total. The highest BCUT2D eigenvalue weighted by atomic mass is 32.2. The van der Waals surface area contributed by atoms with Gasteiger partial charge in [-0.05, 0) is 12.1 Å². The number of benzene rings is 1. The summed E-state index contributed by atoms with van der Waals surface area (Å²) in [6.45, 7) is 0. The smallest absolute Gasteiger partial charge is 0.322 e. The number of hydrogen-bond donors (Lipinski definition) is 2. The van der Waals surface area contributed by atoms with E-state index in [0.717, 1.165) is 8.39 Å². The summed E-state index contributed by atoms with van der Waals surface area (Å²) in [4.78, 5) is 7.99. The van der Waals surface area contributed by atoms with Gasteiger partial charge in [-0.1, -0.05) is 0 Å². The van der Waals surface area contributed by atoms with Crippen molar-refractivity contribution >= 4 is 43.8 Å². The summed E-state index contributed by atoms with van der Waals surface area (Å²) < 4.78 is 26.5. The molecule has 21 heavy (non-hydrogen) atoms. The number of fused-ring (bicyclic) bond motifs is 3. The van der Waals surface area contributed by atoms with Crippen molar-refractivity contribution in [1.29, 1.82) is 0 Å². The molecule has 4 N–H and O–H groups in total. The predicted molar refractivity (Wildman–Crippen MR) is 79.7 cm³/mol. The van der Waals surface area contributed by atoms with E-state index in [2.05, 4.69) is 15.1 Å². The maximum absolute atomic E-state index is 12.2. The second-order valence-corrected chi connectivity index (χ2v) is 6.61. The Hall–Kier alpha value is -2.46. The maximum atomic E-state index is 12.2. The van der Waals surface area contributed by atoms with E-state index in [1.807, 2.05) is 0 Å². The van der Waals surface area contributed by atoms with Crippen molar-refractivity contribution in [3.8, 4) is 0 Å². The minimum absolute atomic E-state index is 0.0626. The molecule has 0 spiro atoms. The van der Waals surface area contributed by atoms with Crippen molar-refractivity contribution in [3.05, 3.63) is 18.3 Å². The highest BCUT2D eigenvalue weighted by molar-refractivity contribution is 7.87. The van der Waals surface area contributed by atoms with E-state index in [4.69, 9.17) is 11.5 Å². The van der Waals surface area contributed by atoms with Crippen LogP contribution in [-0.2, 0) is 10.2 Å². The van der Waals surface area contributed by atoms with Gasteiger partial charge in [-0.25, -0.2) is 4.98 Å². The van der Waals surface area contributed by atoms with E-state index in [1.54, 1.807) is 12.1 Å². The largest absolute Gasteiger partial charge is 0.383 e. The molecule has 0 fully saturated rings. The van der Waals surface area contributed by atoms with Crippen LogP contribution in [-0.4, -0.2) is 46.0 Å². The van der Waals surface area contributed by atoms with Crippen LogP contribution in [0.2, 0.25) is 0 Å². The Kier molecular flexibility index (Phi) is 2.75. The molecule has 3 aromatic rings. The van der Waals surface area contributed by atoms with E-state index in [9.17, 15) is 8.42 Å². The summed E-state index contributed by atoms with van der Waals surface area (Å²) in [5, 5.41) is 5.03. The van der Waals surface area contributed by atoms with Crippen LogP contribution in [0.4, 0.5) is 11.8 Å². The fraction of sp³-hybridized carbons (Fsp3) is 0.182. The van der Waals surface area contributed by atoms with Crippen LogP contribution in [0.5, 0.6) is 0 Å². The third-order valence-corrected chi connectivity index (χ3v) is 4.76. The number of aromatic nitrogens is 4. The zero-order valence-corrected chi connectivity index (χ0v) is 12.2. The molecule has 2 aromatic heterocycles. The molecule has 1 aromatic carbocycles. The van der Waals surface area contributed by atoms with Crippen molar-refractivity contribution in [2.45, 2.75) is 0 Å². The van der Waals surface area contributed by atoms with Gasteiger partial charge in [0, 0.05) is 19.5 Å². The molecule has 0 amide bonds. The number of nitrogens with two attached hydrogens (primary N) is 2. The quantitative estimate of drug-likeness (QED) is 0.669. The average molecular weight is 307 g/mol. The molecule has 0 aliphatic carbocycles. The first kappa shape index (κ1) is 13.5. The predicted octanol–water partition coefficient (Wildman–Crippen LogP) is -0.202. The highest BCUT2D eigenvalue weighted by Crippen LogP contribution is 2.29. The van der Waals surface area contributed by atoms with Gasteiger partial charge in [-0.3, -0.25) is 0 Å². The summed E-state index contributed by atoms with van der Waals surface area (Å²) in [7, 11) is -0.852. The van der Waals surface area contributed by atoms with E-state index < -0.39 is 10.2 Å². The minimum atomic E-state index is -3.72. The van der Waals surface area contributed by atoms with Gasteiger partial charge in [0.25, 0.3) is 0 Å². The van der Waals surface area contributed by atoms with Gasteiger partial charge < -0.3 is 11.5 Å². The Balaban J connectivity index is 2.43. The van der Waals surface area contributed by atoms with Gasteiger partial charge in [-0.2, -0.15) is 22.8 Å². The maximum Gasteiger partial charge on any atom is 0.322 e. The first-order valence-corrected chi connectivity index (χ1v) is 7.34. The lowest BCUT2D eigenvalue weighted by Crippen LogP contribution is -2.29. The van der Waals surface area contributed by atoms with Crippen molar-refractivity contribution in [2.75, 3.05) is 25.6 Å². The fourth-order valence-electron chi connectivity index (χ4n) is 2.10. The normalized spacial score (nSPS) is 12.5. The second-order valence-electron chi connectivity index (χ2n) is 4.64. The Morgan fingerprint density at radius 3 is 2.57 bits per heavy atom. The fourth-order valence-corrected chi connectivity index (χ4v) is 2.98. The highest BCUT2D eigenvalue weighted by Gasteiger charge is 2.21. The Morgan fingerprint density at radius 2 is 1.90 bits per heavy atom. The van der Waals surface area contributed by atoms with Crippen LogP contribution in [0, 0.1) is 0 Å². The van der Waals surface area contributed by atoms with Gasteiger partial charge in [0.05, 0.1) is 22.6 Å². The molecule has 0 aliphatic rings. The zero-order chi connectivity index (χ0) is 15.4. The number of nitrogens with zero attached hydrogens (tertiary/aromatic N) is 5. The van der Waals surface area contributed by atoms with Crippen LogP contribution in [0.25, 0.3) is 21.8 Å². The number of nitrogen functional groups attached to an aromatic ring is 2. The van der Waals surface area contributed by atoms with Gasteiger partial charge in [0.1, 0.15) is 5.82 Å². The number of hydrogen-bond acceptors (Lipinski definition) is 7. The van der Waals surface area contributed by atoms with E-state index >= 15 is 0 Å². The SMILES string of the molecule is CN(C)S(=O)(=O)n1ncc2c3c(N)nc(N)nc3ccc21. The molecule has 0 radical (unpaired) electrons. The van der Waals surface area contributed by atoms with E-state index in [-0.39, 0.29) is 11.8 Å². The van der Waals surface area contributed by atoms with Crippen LogP contribution in [0.15, 0.2) is 18.3 Å². The Labute approximate surface area is 120 Å². The third kappa shape index (κ3) is 1.87. The molecule has 110 valence electrons. The monoisotopic (exact) mass is 307 g/mol. The molecule has 0 atom stereocenters. The Bertz CT molecular complexity index is 962. The molecule has 2 heterocycles. The molecule has 0 aliphatic heterocycles. The third-order valence-electron chi connectivity index (χ3n) is 3.10. The lowest BCUT2D eigenvalue weighted by Gasteiger charge is -2.12. The zero-order valence-electron chi connectivity index (χ0n) is 11.3. The van der Waals surface area contributed by atoms with Crippen LogP contribution in [0.3, 0.4) is 0 Å². The van der Waals surface area contributed by atoms with E-state index in [1.165, 1.54) is 20.3 Å². The standard InChI is InChI=1S/C11H13N7O2S/c1-17(2)21(19,20)18-8-4-3-7-9(6(8)5-14-18)10(12)16-11(13)15-7/h3-5H,1-2H3,(H4,12,13,15,16). The average Bonchev–Trinajstić information content (AvgIpc) is 2.81. The van der Waals surface area contributed by atoms with Crippen molar-refractivity contribution in [1.82, 2.24) is 23.5 Å². The van der Waals surface area contributed by atoms with Crippen molar-refractivity contribution in [2.24, 2.45) is 0 Å². The molecule has 0 saturated heterocycles. The summed E-state index contributed by atoms with van der Waals surface area (Å²) in [5.41, 5.74) is 12.4. The molecular formula is C11H13N7O2S. The van der Waals surface area contributed by atoms with Crippen LogP contribution >= 0.6 is 0 Å². The summed E-state index contributed by atoms with van der Waals surface area (Å²) >= 11 is 0. The molecule has 10 heteroatoms. The number of anilines is 2. The summed E-state index contributed by atoms with van der Waals surface area (Å²) in [6, 6.07) is 3.24. The van der Waals surface area contributed by atoms with Gasteiger partial charge >= 0.3 is 10.2 Å². The Morgan fingerprint density at radius 1 is 1.19 bits per heavy atom. The number of rotatable bonds is 2. The minimum Gasteiger partial charge on any atom is -0.383 e. The topological polar surface area (TPSA) is 133 Å². The van der Waals surface area contributed by atoms with E-state index in [0.29, 0.717) is 21.8 Å². The second kappa shape index (κ2) is 4.27. The molecule has 0 bridgehead atoms. The summed E-state index contributed by atoms with van der Waals surface area (Å²) in [5.74, 6) is 0.248. The van der Waals surface area contributed by atoms with Crippen molar-refractivity contribution < 1.29 is 8.42 Å². The van der Waals surface area contributed by atoms with Crippen molar-refractivity contribution in [3.63, 3.8) is 0 Å². The van der Waals surface area contributed by atoms with Gasteiger partial charge in [0.15, 0.2) is 0 Å². The van der Waals surface area contributed by atoms with Gasteiger partial charge in [0.2, 0.25) is 5.95 Å². The van der Waals surface area contributed by atoms with Crippen LogP contribution in [0.1, 0.15) is 0 Å². The lowest BCUT2D eigenvalue weighted by atomic mass is 10.1.